The van der Waals surface area contributed by atoms with Gasteiger partial charge in [-0.1, -0.05) is 25.2 Å². The number of rotatable bonds is 3. The van der Waals surface area contributed by atoms with Crippen molar-refractivity contribution in [3.63, 3.8) is 0 Å². The van der Waals surface area contributed by atoms with Gasteiger partial charge in [-0.3, -0.25) is 9.69 Å². The molecule has 0 aromatic carbocycles. The van der Waals surface area contributed by atoms with Crippen LogP contribution in [0.15, 0.2) is 0 Å². The summed E-state index contributed by atoms with van der Waals surface area (Å²) in [7, 11) is 0. The Morgan fingerprint density at radius 3 is 2.44 bits per heavy atom. The Kier molecular flexibility index (Phi) is 4.04. The van der Waals surface area contributed by atoms with E-state index in [1.165, 1.54) is 16.2 Å². The fourth-order valence-electron chi connectivity index (χ4n) is 3.70. The smallest absolute Gasteiger partial charge is 0.325 e. The summed E-state index contributed by atoms with van der Waals surface area (Å²) in [5, 5.41) is 12.7. The van der Waals surface area contributed by atoms with E-state index in [1.807, 2.05) is 13.8 Å². The molecule has 3 aliphatic rings. The van der Waals surface area contributed by atoms with Gasteiger partial charge in [0.05, 0.1) is 19.8 Å². The number of urea groups is 1. The predicted octanol–water partition coefficient (Wildman–Crippen LogP) is 1.77. The Morgan fingerprint density at radius 1 is 1.16 bits per heavy atom. The van der Waals surface area contributed by atoms with Crippen LogP contribution in [0.4, 0.5) is 4.79 Å². The van der Waals surface area contributed by atoms with Gasteiger partial charge in [-0.25, -0.2) is 4.79 Å². The predicted molar refractivity (Wildman–Crippen MR) is 88.9 cm³/mol. The number of nitrogens with zero attached hydrogens (tertiary/aromatic N) is 3. The summed E-state index contributed by atoms with van der Waals surface area (Å²) < 4.78 is 11.4. The van der Waals surface area contributed by atoms with Crippen LogP contribution in [-0.4, -0.2) is 51.6 Å². The van der Waals surface area contributed by atoms with Crippen molar-refractivity contribution in [1.82, 2.24) is 20.4 Å². The zero-order valence-corrected chi connectivity index (χ0v) is 15.2. The van der Waals surface area contributed by atoms with Crippen molar-refractivity contribution in [1.29, 1.82) is 0 Å². The van der Waals surface area contributed by atoms with Crippen molar-refractivity contribution >= 4 is 23.3 Å². The largest absolute Gasteiger partial charge is 0.348 e. The number of hydrogen-bond acceptors (Lipinski definition) is 7. The zero-order valence-electron chi connectivity index (χ0n) is 14.4. The molecule has 3 amide bonds. The van der Waals surface area contributed by atoms with Gasteiger partial charge in [0.1, 0.15) is 15.6 Å². The van der Waals surface area contributed by atoms with Crippen molar-refractivity contribution in [2.45, 2.75) is 63.3 Å². The number of ether oxygens (including phenoxy) is 2. The minimum atomic E-state index is -0.830. The van der Waals surface area contributed by atoms with Crippen molar-refractivity contribution in [3.05, 3.63) is 10.0 Å². The van der Waals surface area contributed by atoms with Gasteiger partial charge in [0, 0.05) is 18.8 Å². The van der Waals surface area contributed by atoms with E-state index in [0.29, 0.717) is 43.9 Å². The molecule has 3 fully saturated rings. The van der Waals surface area contributed by atoms with Crippen molar-refractivity contribution in [3.8, 4) is 0 Å². The first-order chi connectivity index (χ1) is 11.9. The molecule has 25 heavy (non-hydrogen) atoms. The molecular weight excluding hydrogens is 344 g/mol. The molecule has 4 rings (SSSR count). The fraction of sp³-hybridized carbons (Fsp3) is 0.750. The number of hydrogen-bond donors (Lipinski definition) is 1. The highest BCUT2D eigenvalue weighted by atomic mass is 32.1. The van der Waals surface area contributed by atoms with E-state index >= 15 is 0 Å². The molecule has 136 valence electrons. The van der Waals surface area contributed by atoms with Gasteiger partial charge in [-0.2, -0.15) is 0 Å². The van der Waals surface area contributed by atoms with Crippen LogP contribution < -0.4 is 5.32 Å². The van der Waals surface area contributed by atoms with Crippen LogP contribution in [0.25, 0.3) is 0 Å². The summed E-state index contributed by atoms with van der Waals surface area (Å²) in [6.45, 7) is 5.44. The lowest BCUT2D eigenvalue weighted by Crippen LogP contribution is -2.53. The number of aromatic nitrogens is 2. The summed E-state index contributed by atoms with van der Waals surface area (Å²) >= 11 is 1.45. The van der Waals surface area contributed by atoms with Crippen LogP contribution in [0.2, 0.25) is 0 Å². The molecule has 1 aromatic rings. The van der Waals surface area contributed by atoms with E-state index in [4.69, 9.17) is 9.47 Å². The van der Waals surface area contributed by atoms with Crippen LogP contribution in [0.5, 0.6) is 0 Å². The van der Waals surface area contributed by atoms with Crippen molar-refractivity contribution in [2.24, 2.45) is 0 Å². The quantitative estimate of drug-likeness (QED) is 0.820. The van der Waals surface area contributed by atoms with Gasteiger partial charge in [-0.15, -0.1) is 10.2 Å². The molecule has 8 nitrogen and oxygen atoms in total. The van der Waals surface area contributed by atoms with E-state index in [2.05, 4.69) is 15.5 Å². The van der Waals surface area contributed by atoms with Gasteiger partial charge < -0.3 is 14.8 Å². The van der Waals surface area contributed by atoms with Gasteiger partial charge in [0.2, 0.25) is 0 Å². The lowest BCUT2D eigenvalue weighted by molar-refractivity contribution is -0.186. The van der Waals surface area contributed by atoms with Crippen LogP contribution >= 0.6 is 11.3 Å². The molecule has 0 bridgehead atoms. The molecule has 0 radical (unpaired) electrons. The Labute approximate surface area is 149 Å². The summed E-state index contributed by atoms with van der Waals surface area (Å²) in [4.78, 5) is 26.6. The maximum absolute atomic E-state index is 13.0. The third-order valence-electron chi connectivity index (χ3n) is 5.19. The molecule has 0 unspecified atom stereocenters. The SMILES string of the molecule is CC(C)c1nnc(CN2C(=O)NC3(CCC4(CC3)OCCO4)C2=O)s1. The highest BCUT2D eigenvalue weighted by Gasteiger charge is 2.56. The van der Waals surface area contributed by atoms with Gasteiger partial charge in [-0.05, 0) is 12.8 Å². The molecule has 1 aromatic heterocycles. The van der Waals surface area contributed by atoms with Crippen LogP contribution in [0.1, 0.15) is 55.5 Å². The first-order valence-corrected chi connectivity index (χ1v) is 9.49. The first-order valence-electron chi connectivity index (χ1n) is 8.67. The fourth-order valence-corrected chi connectivity index (χ4v) is 4.54. The van der Waals surface area contributed by atoms with E-state index in [1.54, 1.807) is 0 Å². The summed E-state index contributed by atoms with van der Waals surface area (Å²) in [5.74, 6) is -0.456. The lowest BCUT2D eigenvalue weighted by atomic mass is 9.78. The Bertz CT molecular complexity index is 688. The molecule has 3 heterocycles. The summed E-state index contributed by atoms with van der Waals surface area (Å²) in [6, 6.07) is -0.351. The van der Waals surface area contributed by atoms with Crippen molar-refractivity contribution < 1.29 is 19.1 Å². The average molecular weight is 366 g/mol. The second-order valence-electron chi connectivity index (χ2n) is 7.20. The topological polar surface area (TPSA) is 93.7 Å². The Hall–Kier alpha value is -1.58. The maximum atomic E-state index is 13.0. The van der Waals surface area contributed by atoms with Gasteiger partial charge in [0.15, 0.2) is 5.79 Å². The normalized spacial score (nSPS) is 24.7. The van der Waals surface area contributed by atoms with Crippen molar-refractivity contribution in [2.75, 3.05) is 13.2 Å². The van der Waals surface area contributed by atoms with Crippen LogP contribution in [0, 0.1) is 0 Å². The second kappa shape index (κ2) is 6.00. The molecule has 0 atom stereocenters. The molecule has 2 saturated heterocycles. The van der Waals surface area contributed by atoms with E-state index < -0.39 is 11.3 Å². The third-order valence-corrected chi connectivity index (χ3v) is 6.40. The molecule has 1 N–H and O–H groups in total. The average Bonchev–Trinajstić information content (AvgIpc) is 3.28. The monoisotopic (exact) mass is 366 g/mol. The minimum absolute atomic E-state index is 0.174. The van der Waals surface area contributed by atoms with E-state index in [9.17, 15) is 9.59 Å². The third kappa shape index (κ3) is 2.84. The molecule has 2 spiro atoms. The van der Waals surface area contributed by atoms with Gasteiger partial charge in [0.25, 0.3) is 5.91 Å². The number of carbonyl (C=O) groups is 2. The second-order valence-corrected chi connectivity index (χ2v) is 8.29. The van der Waals surface area contributed by atoms with Gasteiger partial charge >= 0.3 is 6.03 Å². The molecule has 1 aliphatic carbocycles. The number of amides is 3. The number of nitrogens with one attached hydrogen (secondary N) is 1. The Balaban J connectivity index is 1.46. The maximum Gasteiger partial charge on any atom is 0.325 e. The van der Waals surface area contributed by atoms with Crippen LogP contribution in [0.3, 0.4) is 0 Å². The molecule has 9 heteroatoms. The first kappa shape index (κ1) is 16.9. The highest BCUT2D eigenvalue weighted by Crippen LogP contribution is 2.42. The summed E-state index contributed by atoms with van der Waals surface area (Å²) in [6.07, 6.45) is 2.29. The summed E-state index contributed by atoms with van der Waals surface area (Å²) in [5.41, 5.74) is -0.830. The molecule has 2 aliphatic heterocycles. The van der Waals surface area contributed by atoms with E-state index in [-0.39, 0.29) is 24.4 Å². The number of imide groups is 1. The molecule has 1 saturated carbocycles. The lowest BCUT2D eigenvalue weighted by Gasteiger charge is -2.39. The number of carbonyl (C=O) groups excluding carboxylic acids is 2. The standard InChI is InChI=1S/C16H22N4O4S/c1-10(2)12-19-18-11(25-12)9-20-13(21)15(17-14(20)22)3-5-16(6-4-15)23-7-8-24-16/h10H,3-9H2,1-2H3,(H,17,22). The zero-order chi connectivity index (χ0) is 17.7. The van der Waals surface area contributed by atoms with Crippen LogP contribution in [-0.2, 0) is 20.8 Å². The minimum Gasteiger partial charge on any atom is -0.348 e. The van der Waals surface area contributed by atoms with E-state index in [0.717, 1.165) is 5.01 Å². The highest BCUT2D eigenvalue weighted by molar-refractivity contribution is 7.11. The molecular formula is C16H22N4O4S. The Morgan fingerprint density at radius 2 is 1.84 bits per heavy atom.